The highest BCUT2D eigenvalue weighted by molar-refractivity contribution is 5.94. The molecule has 5 unspecified atom stereocenters. The number of carbonyl (C=O) groups excluding carboxylic acids is 4. The first-order valence-corrected chi connectivity index (χ1v) is 20.8. The molecule has 4 N–H and O–H groups in total. The second kappa shape index (κ2) is 17.3. The molecule has 0 spiro atoms. The van der Waals surface area contributed by atoms with Gasteiger partial charge in [0.25, 0.3) is 0 Å². The monoisotopic (exact) mass is 846 g/mol. The van der Waals surface area contributed by atoms with Crippen LogP contribution >= 0.6 is 0 Å². The summed E-state index contributed by atoms with van der Waals surface area (Å²) in [7, 11) is 3.99. The maximum atomic E-state index is 14.0. The maximum Gasteiger partial charge on any atom is 0.407 e. The van der Waals surface area contributed by atoms with Gasteiger partial charge in [-0.3, -0.25) is 14.4 Å². The van der Waals surface area contributed by atoms with Gasteiger partial charge in [-0.1, -0.05) is 26.0 Å². The number of benzene rings is 3. The van der Waals surface area contributed by atoms with Gasteiger partial charge in [-0.2, -0.15) is 0 Å². The number of aromatic amines is 2. The summed E-state index contributed by atoms with van der Waals surface area (Å²) in [5.74, 6) is 0.659. The second-order valence-corrected chi connectivity index (χ2v) is 16.2. The topological polar surface area (TPSA) is 214 Å². The number of fused-ring (bicyclic) bond motifs is 3. The molecule has 6 aromatic rings. The van der Waals surface area contributed by atoms with E-state index in [2.05, 4.69) is 25.6 Å². The van der Waals surface area contributed by atoms with Gasteiger partial charge in [0.2, 0.25) is 17.2 Å². The van der Waals surface area contributed by atoms with Crippen molar-refractivity contribution >= 4 is 57.0 Å². The van der Waals surface area contributed by atoms with E-state index in [4.69, 9.17) is 23.6 Å². The van der Waals surface area contributed by atoms with E-state index < -0.39 is 30.4 Å². The third-order valence-electron chi connectivity index (χ3n) is 12.1. The number of likely N-dealkylation sites (tertiary alicyclic amines) is 2. The Labute approximate surface area is 356 Å². The fraction of sp³-hybridized carbons (Fsp3) is 0.400. The van der Waals surface area contributed by atoms with Crippen molar-refractivity contribution < 1.29 is 37.8 Å². The van der Waals surface area contributed by atoms with E-state index in [1.165, 1.54) is 21.3 Å². The summed E-state index contributed by atoms with van der Waals surface area (Å²) in [4.78, 5) is 85.2. The van der Waals surface area contributed by atoms with Crippen LogP contribution in [0.15, 0.2) is 70.0 Å². The minimum atomic E-state index is -0.946. The highest BCUT2D eigenvalue weighted by Gasteiger charge is 2.40. The molecule has 3 aromatic carbocycles. The van der Waals surface area contributed by atoms with Crippen molar-refractivity contribution in [2.45, 2.75) is 76.7 Å². The Kier molecular flexibility index (Phi) is 11.7. The number of hydrogen-bond acceptors (Lipinski definition) is 11. The average molecular weight is 847 g/mol. The van der Waals surface area contributed by atoms with Gasteiger partial charge in [-0.05, 0) is 92.1 Å². The lowest BCUT2D eigenvalue weighted by Crippen LogP contribution is -2.54. The average Bonchev–Trinajstić information content (AvgIpc) is 4.12. The van der Waals surface area contributed by atoms with Crippen LogP contribution in [0.5, 0.6) is 0 Å². The quantitative estimate of drug-likeness (QED) is 0.106. The molecule has 2 aliphatic rings. The van der Waals surface area contributed by atoms with Crippen LogP contribution in [0.1, 0.15) is 70.2 Å². The number of nitrogens with zero attached hydrogens (tertiary/aromatic N) is 4. The summed E-state index contributed by atoms with van der Waals surface area (Å²) < 4.78 is 21.3. The molecule has 0 bridgehead atoms. The van der Waals surface area contributed by atoms with Gasteiger partial charge < -0.3 is 49.0 Å². The summed E-state index contributed by atoms with van der Waals surface area (Å²) >= 11 is 0. The number of hydrogen-bond donors (Lipinski definition) is 4. The molecule has 4 amide bonds. The van der Waals surface area contributed by atoms with Gasteiger partial charge in [0.05, 0.1) is 66.1 Å². The number of nitrogens with one attached hydrogen (secondary N) is 4. The number of methoxy groups -OCH3 is 3. The van der Waals surface area contributed by atoms with E-state index in [0.717, 1.165) is 47.0 Å². The van der Waals surface area contributed by atoms with Crippen molar-refractivity contribution in [3.05, 3.63) is 82.7 Å². The van der Waals surface area contributed by atoms with Crippen molar-refractivity contribution in [2.24, 2.45) is 5.92 Å². The highest BCUT2D eigenvalue weighted by atomic mass is 16.5. The number of imidazole rings is 2. The summed E-state index contributed by atoms with van der Waals surface area (Å²) in [5.41, 5.74) is 5.37. The smallest absolute Gasteiger partial charge is 0.407 e. The van der Waals surface area contributed by atoms with E-state index in [9.17, 15) is 24.0 Å². The molecule has 324 valence electrons. The van der Waals surface area contributed by atoms with Gasteiger partial charge in [0, 0.05) is 25.8 Å². The fourth-order valence-corrected chi connectivity index (χ4v) is 8.61. The first-order valence-electron chi connectivity index (χ1n) is 20.8. The molecule has 8 rings (SSSR count). The molecular formula is C45H50N8O9. The molecule has 17 heteroatoms. The standard InChI is InChI=1S/C45H50N8O9/c1-23(2)37(50-44(57)60-5)42(55)53-18-8-10-34(53)41-47-30-15-12-25(20-31(30)48-41)26-11-14-28-36(21-26)62-35-16-13-27(19-29(35)39(28)54)32-22-46-40(49-32)33-9-7-17-52(33)43(56)38(24(3)59-4)51-45(58)61-6/h11-16,19-24,33-34,37-38H,7-10,17-18H2,1-6H3,(H,46,49)(H,47,48)(H,50,57)(H,51,58). The number of amides is 4. The van der Waals surface area contributed by atoms with Crippen molar-refractivity contribution in [2.75, 3.05) is 34.4 Å². The Morgan fingerprint density at radius 3 is 2.05 bits per heavy atom. The van der Waals surface area contributed by atoms with Gasteiger partial charge >= 0.3 is 12.2 Å². The largest absolute Gasteiger partial charge is 0.456 e. The van der Waals surface area contributed by atoms with Gasteiger partial charge in [0.1, 0.15) is 34.9 Å². The highest BCUT2D eigenvalue weighted by Crippen LogP contribution is 2.36. The molecule has 0 saturated carbocycles. The lowest BCUT2D eigenvalue weighted by molar-refractivity contribution is -0.137. The normalized spacial score (nSPS) is 18.0. The zero-order valence-electron chi connectivity index (χ0n) is 35.4. The summed E-state index contributed by atoms with van der Waals surface area (Å²) in [6.45, 7) is 6.52. The van der Waals surface area contributed by atoms with E-state index in [-0.39, 0.29) is 35.2 Å². The van der Waals surface area contributed by atoms with Crippen LogP contribution in [0, 0.1) is 5.92 Å². The van der Waals surface area contributed by atoms with Crippen LogP contribution in [0.3, 0.4) is 0 Å². The molecule has 2 aliphatic heterocycles. The summed E-state index contributed by atoms with van der Waals surface area (Å²) in [5, 5.41) is 6.13. The Morgan fingerprint density at radius 1 is 0.742 bits per heavy atom. The zero-order valence-corrected chi connectivity index (χ0v) is 35.4. The van der Waals surface area contributed by atoms with Gasteiger partial charge in [-0.15, -0.1) is 0 Å². The molecule has 2 saturated heterocycles. The number of carbonyl (C=O) groups is 4. The van der Waals surface area contributed by atoms with Crippen molar-refractivity contribution in [3.63, 3.8) is 0 Å². The first-order chi connectivity index (χ1) is 29.9. The van der Waals surface area contributed by atoms with Crippen LogP contribution in [0.2, 0.25) is 0 Å². The van der Waals surface area contributed by atoms with E-state index in [0.29, 0.717) is 58.8 Å². The van der Waals surface area contributed by atoms with Crippen LogP contribution in [0.25, 0.3) is 55.4 Å². The van der Waals surface area contributed by atoms with E-state index in [1.807, 2.05) is 50.2 Å². The Hall–Kier alpha value is -6.75. The van der Waals surface area contributed by atoms with Crippen LogP contribution in [-0.2, 0) is 23.8 Å². The van der Waals surface area contributed by atoms with Gasteiger partial charge in [-0.25, -0.2) is 19.6 Å². The lowest BCUT2D eigenvalue weighted by Gasteiger charge is -2.30. The van der Waals surface area contributed by atoms with Crippen LogP contribution in [-0.4, -0.2) is 106 Å². The molecule has 17 nitrogen and oxygen atoms in total. The number of aromatic nitrogens is 4. The number of H-pyrrole nitrogens is 2. The fourth-order valence-electron chi connectivity index (χ4n) is 8.61. The number of ether oxygens (including phenoxy) is 3. The van der Waals surface area contributed by atoms with Crippen LogP contribution < -0.4 is 16.1 Å². The summed E-state index contributed by atoms with van der Waals surface area (Å²) in [6, 6.07) is 14.5. The van der Waals surface area contributed by atoms with E-state index >= 15 is 0 Å². The predicted molar refractivity (Wildman–Crippen MR) is 230 cm³/mol. The maximum absolute atomic E-state index is 14.0. The molecule has 0 aliphatic carbocycles. The Morgan fingerprint density at radius 2 is 1.37 bits per heavy atom. The van der Waals surface area contributed by atoms with Crippen molar-refractivity contribution in [1.29, 1.82) is 0 Å². The lowest BCUT2D eigenvalue weighted by atomic mass is 10.0. The Bertz CT molecular complexity index is 2740. The minimum Gasteiger partial charge on any atom is -0.456 e. The van der Waals surface area contributed by atoms with Crippen molar-refractivity contribution in [1.82, 2.24) is 40.4 Å². The molecule has 0 radical (unpaired) electrons. The number of alkyl carbamates (subject to hydrolysis) is 2. The summed E-state index contributed by atoms with van der Waals surface area (Å²) in [6.07, 6.45) is 2.69. The number of rotatable bonds is 11. The first kappa shape index (κ1) is 42.0. The Balaban J connectivity index is 1.02. The molecule has 62 heavy (non-hydrogen) atoms. The third kappa shape index (κ3) is 7.95. The van der Waals surface area contributed by atoms with Gasteiger partial charge in [0.15, 0.2) is 0 Å². The molecule has 5 atom stereocenters. The minimum absolute atomic E-state index is 0.140. The molecule has 5 heterocycles. The zero-order chi connectivity index (χ0) is 43.8. The van der Waals surface area contributed by atoms with E-state index in [1.54, 1.807) is 41.1 Å². The second-order valence-electron chi connectivity index (χ2n) is 16.2. The predicted octanol–water partition coefficient (Wildman–Crippen LogP) is 6.35. The van der Waals surface area contributed by atoms with Crippen molar-refractivity contribution in [3.8, 4) is 22.4 Å². The van der Waals surface area contributed by atoms with Crippen LogP contribution in [0.4, 0.5) is 9.59 Å². The third-order valence-corrected chi connectivity index (χ3v) is 12.1. The molecular weight excluding hydrogens is 797 g/mol. The molecule has 3 aromatic heterocycles. The molecule has 2 fully saturated rings. The SMILES string of the molecule is COC(=O)NC(C(=O)N1CCCC1c1nc2ccc(-c3ccc4c(=O)c5cc(-c6cnc(C7CCCN7C(=O)C(NC(=O)OC)C(C)OC)[nH]6)ccc5oc4c3)cc2[nH]1)C(C)C.